The van der Waals surface area contributed by atoms with Crippen molar-refractivity contribution in [1.82, 2.24) is 9.55 Å². The van der Waals surface area contributed by atoms with E-state index < -0.39 is 0 Å². The highest BCUT2D eigenvalue weighted by atomic mass is 35.5. The maximum atomic E-state index is 11.4. The molecular weight excluding hydrogens is 240 g/mol. The van der Waals surface area contributed by atoms with Crippen LogP contribution in [0.5, 0.6) is 0 Å². The first-order valence-electron chi connectivity index (χ1n) is 5.25. The van der Waals surface area contributed by atoms with Crippen LogP contribution in [-0.2, 0) is 22.0 Å². The first-order chi connectivity index (χ1) is 8.17. The number of aryl methyl sites for hydroxylation is 1. The van der Waals surface area contributed by atoms with Crippen LogP contribution in [0, 0.1) is 6.92 Å². The van der Waals surface area contributed by atoms with Crippen LogP contribution in [0.4, 0.5) is 0 Å². The second-order valence-electron chi connectivity index (χ2n) is 3.77. The van der Waals surface area contributed by atoms with E-state index in [1.807, 2.05) is 25.1 Å². The highest BCUT2D eigenvalue weighted by Crippen LogP contribution is 2.20. The predicted octanol–water partition coefficient (Wildman–Crippen LogP) is 2.26. The maximum absolute atomic E-state index is 11.4. The molecule has 0 saturated heterocycles. The third-order valence-electron chi connectivity index (χ3n) is 2.69. The van der Waals surface area contributed by atoms with Crippen molar-refractivity contribution in [2.45, 2.75) is 19.3 Å². The van der Waals surface area contributed by atoms with Gasteiger partial charge >= 0.3 is 5.97 Å². The van der Waals surface area contributed by atoms with Crippen LogP contribution in [0.15, 0.2) is 18.2 Å². The Labute approximate surface area is 104 Å². The fraction of sp³-hybridized carbons (Fsp3) is 0.333. The molecule has 0 aliphatic carbocycles. The van der Waals surface area contributed by atoms with Crippen molar-refractivity contribution in [2.75, 3.05) is 7.11 Å². The molecule has 0 spiro atoms. The van der Waals surface area contributed by atoms with Crippen molar-refractivity contribution in [3.05, 3.63) is 29.6 Å². The molecule has 0 atom stereocenters. The number of carbonyl (C=O) groups excluding carboxylic acids is 1. The van der Waals surface area contributed by atoms with Gasteiger partial charge in [-0.1, -0.05) is 12.1 Å². The van der Waals surface area contributed by atoms with Crippen molar-refractivity contribution in [3.8, 4) is 0 Å². The van der Waals surface area contributed by atoms with E-state index in [9.17, 15) is 4.79 Å². The molecule has 0 saturated carbocycles. The fourth-order valence-corrected chi connectivity index (χ4v) is 2.01. The number of fused-ring (bicyclic) bond motifs is 1. The number of esters is 1. The monoisotopic (exact) mass is 252 g/mol. The van der Waals surface area contributed by atoms with Gasteiger partial charge in [-0.05, 0) is 18.6 Å². The SMILES string of the molecule is COC(=O)Cn1c(CCl)nc2c(C)cccc21. The van der Waals surface area contributed by atoms with Crippen LogP contribution in [0.25, 0.3) is 11.0 Å². The molecule has 0 N–H and O–H groups in total. The van der Waals surface area contributed by atoms with Crippen molar-refractivity contribution in [3.63, 3.8) is 0 Å². The first-order valence-corrected chi connectivity index (χ1v) is 5.78. The summed E-state index contributed by atoms with van der Waals surface area (Å²) in [6.07, 6.45) is 0. The molecule has 0 bridgehead atoms. The van der Waals surface area contributed by atoms with Gasteiger partial charge in [0.2, 0.25) is 0 Å². The molecule has 0 fully saturated rings. The quantitative estimate of drug-likeness (QED) is 0.622. The Kier molecular flexibility index (Phi) is 3.33. The zero-order chi connectivity index (χ0) is 12.4. The van der Waals surface area contributed by atoms with Crippen LogP contribution in [-0.4, -0.2) is 22.6 Å². The van der Waals surface area contributed by atoms with E-state index in [1.165, 1.54) is 7.11 Å². The number of nitrogens with zero attached hydrogens (tertiary/aromatic N) is 2. The molecule has 2 rings (SSSR count). The minimum Gasteiger partial charge on any atom is -0.468 e. The van der Waals surface area contributed by atoms with Crippen molar-refractivity contribution >= 4 is 28.6 Å². The van der Waals surface area contributed by atoms with E-state index >= 15 is 0 Å². The molecule has 0 aliphatic rings. The van der Waals surface area contributed by atoms with Crippen molar-refractivity contribution in [2.24, 2.45) is 0 Å². The predicted molar refractivity (Wildman–Crippen MR) is 66.0 cm³/mol. The van der Waals surface area contributed by atoms with Crippen molar-refractivity contribution in [1.29, 1.82) is 0 Å². The molecule has 0 radical (unpaired) electrons. The maximum Gasteiger partial charge on any atom is 0.325 e. The summed E-state index contributed by atoms with van der Waals surface area (Å²) in [5.41, 5.74) is 2.86. The summed E-state index contributed by atoms with van der Waals surface area (Å²) in [5, 5.41) is 0. The molecule has 90 valence electrons. The van der Waals surface area contributed by atoms with Gasteiger partial charge in [0.05, 0.1) is 24.0 Å². The van der Waals surface area contributed by atoms with E-state index in [4.69, 9.17) is 11.6 Å². The van der Waals surface area contributed by atoms with Crippen LogP contribution < -0.4 is 0 Å². The lowest BCUT2D eigenvalue weighted by Gasteiger charge is -2.05. The third kappa shape index (κ3) is 2.13. The first kappa shape index (κ1) is 11.9. The Morgan fingerprint density at radius 1 is 1.53 bits per heavy atom. The van der Waals surface area contributed by atoms with E-state index in [0.717, 1.165) is 16.6 Å². The summed E-state index contributed by atoms with van der Waals surface area (Å²) in [7, 11) is 1.37. The summed E-state index contributed by atoms with van der Waals surface area (Å²) in [6, 6.07) is 5.84. The molecule has 1 heterocycles. The van der Waals surface area contributed by atoms with Gasteiger partial charge in [0.25, 0.3) is 0 Å². The summed E-state index contributed by atoms with van der Waals surface area (Å²) >= 11 is 5.85. The molecule has 1 aromatic heterocycles. The van der Waals surface area contributed by atoms with Crippen LogP contribution >= 0.6 is 11.6 Å². The molecule has 1 aromatic carbocycles. The average Bonchev–Trinajstić information content (AvgIpc) is 2.69. The number of benzene rings is 1. The highest BCUT2D eigenvalue weighted by Gasteiger charge is 2.14. The topological polar surface area (TPSA) is 44.1 Å². The molecule has 0 aliphatic heterocycles. The Morgan fingerprint density at radius 2 is 2.29 bits per heavy atom. The zero-order valence-corrected chi connectivity index (χ0v) is 10.5. The van der Waals surface area contributed by atoms with Crippen LogP contribution in [0.1, 0.15) is 11.4 Å². The number of para-hydroxylation sites is 1. The van der Waals surface area contributed by atoms with E-state index in [-0.39, 0.29) is 18.4 Å². The molecule has 2 aromatic rings. The lowest BCUT2D eigenvalue weighted by atomic mass is 10.2. The lowest BCUT2D eigenvalue weighted by molar-refractivity contribution is -0.141. The van der Waals surface area contributed by atoms with Gasteiger partial charge in [-0.15, -0.1) is 11.6 Å². The van der Waals surface area contributed by atoms with Crippen LogP contribution in [0.3, 0.4) is 0 Å². The molecule has 17 heavy (non-hydrogen) atoms. The largest absolute Gasteiger partial charge is 0.468 e. The van der Waals surface area contributed by atoms with Gasteiger partial charge in [0.15, 0.2) is 0 Å². The number of aromatic nitrogens is 2. The normalized spacial score (nSPS) is 10.8. The minimum atomic E-state index is -0.308. The Morgan fingerprint density at radius 3 is 2.94 bits per heavy atom. The summed E-state index contributed by atoms with van der Waals surface area (Å²) in [5.74, 6) is 0.643. The Hall–Kier alpha value is -1.55. The fourth-order valence-electron chi connectivity index (χ4n) is 1.81. The number of methoxy groups -OCH3 is 1. The second-order valence-corrected chi connectivity index (χ2v) is 4.03. The number of halogens is 1. The Bertz CT molecular complexity index is 563. The summed E-state index contributed by atoms with van der Waals surface area (Å²) in [4.78, 5) is 15.8. The summed E-state index contributed by atoms with van der Waals surface area (Å²) < 4.78 is 6.46. The number of alkyl halides is 1. The minimum absolute atomic E-state index is 0.137. The van der Waals surface area contributed by atoms with E-state index in [2.05, 4.69) is 9.72 Å². The summed E-state index contributed by atoms with van der Waals surface area (Å²) in [6.45, 7) is 2.12. The number of rotatable bonds is 3. The molecular formula is C12H13ClN2O2. The molecule has 0 amide bonds. The second kappa shape index (κ2) is 4.75. The molecule has 0 unspecified atom stereocenters. The highest BCUT2D eigenvalue weighted by molar-refractivity contribution is 6.16. The van der Waals surface area contributed by atoms with Gasteiger partial charge < -0.3 is 9.30 Å². The molecule has 4 nitrogen and oxygen atoms in total. The Balaban J connectivity index is 2.58. The van der Waals surface area contributed by atoms with Crippen LogP contribution in [0.2, 0.25) is 0 Å². The number of hydrogen-bond acceptors (Lipinski definition) is 3. The smallest absolute Gasteiger partial charge is 0.325 e. The number of imidazole rings is 1. The lowest BCUT2D eigenvalue weighted by Crippen LogP contribution is -2.13. The van der Waals surface area contributed by atoms with E-state index in [0.29, 0.717) is 5.82 Å². The standard InChI is InChI=1S/C12H13ClN2O2/c1-8-4-3-5-9-12(8)14-10(6-13)15(9)7-11(16)17-2/h3-5H,6-7H2,1-2H3. The number of ether oxygens (including phenoxy) is 1. The number of hydrogen-bond donors (Lipinski definition) is 0. The van der Waals surface area contributed by atoms with Gasteiger partial charge in [-0.2, -0.15) is 0 Å². The van der Waals surface area contributed by atoms with Gasteiger partial charge in [0.1, 0.15) is 12.4 Å². The van der Waals surface area contributed by atoms with Gasteiger partial charge in [0, 0.05) is 0 Å². The van der Waals surface area contributed by atoms with Gasteiger partial charge in [-0.3, -0.25) is 4.79 Å². The van der Waals surface area contributed by atoms with E-state index in [1.54, 1.807) is 4.57 Å². The van der Waals surface area contributed by atoms with Gasteiger partial charge in [-0.25, -0.2) is 4.98 Å². The average molecular weight is 253 g/mol. The number of carbonyl (C=O) groups is 1. The molecule has 5 heteroatoms. The van der Waals surface area contributed by atoms with Crippen molar-refractivity contribution < 1.29 is 9.53 Å². The third-order valence-corrected chi connectivity index (χ3v) is 2.93. The zero-order valence-electron chi connectivity index (χ0n) is 9.74.